The molecule has 0 unspecified atom stereocenters. The lowest BCUT2D eigenvalue weighted by atomic mass is 9.80. The van der Waals surface area contributed by atoms with Gasteiger partial charge in [-0.15, -0.1) is 0 Å². The molecule has 3 N–H and O–H groups in total. The summed E-state index contributed by atoms with van der Waals surface area (Å²) in [5.74, 6) is -0.132. The molecule has 0 spiro atoms. The first kappa shape index (κ1) is 13.5. The number of carbonyl (C=O) groups excluding carboxylic acids is 2. The van der Waals surface area contributed by atoms with Crippen molar-refractivity contribution in [3.8, 4) is 0 Å². The minimum atomic E-state index is -0.504. The molecule has 0 aromatic carbocycles. The van der Waals surface area contributed by atoms with Crippen LogP contribution in [0, 0.1) is 5.92 Å². The van der Waals surface area contributed by atoms with Gasteiger partial charge in [0.05, 0.1) is 6.61 Å². The number of amides is 1. The Balaban J connectivity index is 2.00. The molecule has 7 nitrogen and oxygen atoms in total. The van der Waals surface area contributed by atoms with Gasteiger partial charge in [0.25, 0.3) is 0 Å². The van der Waals surface area contributed by atoms with Gasteiger partial charge in [-0.25, -0.2) is 9.78 Å². The molecule has 1 heterocycles. The summed E-state index contributed by atoms with van der Waals surface area (Å²) < 4.78 is 6.40. The van der Waals surface area contributed by atoms with E-state index >= 15 is 0 Å². The molecule has 1 aromatic rings. The second kappa shape index (κ2) is 5.40. The van der Waals surface area contributed by atoms with E-state index in [0.29, 0.717) is 18.7 Å². The van der Waals surface area contributed by atoms with Crippen LogP contribution < -0.4 is 11.1 Å². The van der Waals surface area contributed by atoms with Crippen molar-refractivity contribution in [1.82, 2.24) is 9.55 Å². The van der Waals surface area contributed by atoms with Gasteiger partial charge >= 0.3 is 5.97 Å². The second-order valence-corrected chi connectivity index (χ2v) is 4.70. The summed E-state index contributed by atoms with van der Waals surface area (Å²) in [6, 6.07) is 0.120. The standard InChI is InChI=1S/C12H18N4O3/c1-3-19-12(18)10-14-9(6-16(10)2)15-11(17)7-4-8(13)5-7/h6-8H,3-5,13H2,1-2H3,(H,15,17)/t7-,8-. The Hall–Kier alpha value is -1.89. The van der Waals surface area contributed by atoms with Gasteiger partial charge < -0.3 is 20.4 Å². The molecular formula is C12H18N4O3. The number of anilines is 1. The average molecular weight is 266 g/mol. The van der Waals surface area contributed by atoms with Crippen molar-refractivity contribution in [2.45, 2.75) is 25.8 Å². The number of hydrogen-bond acceptors (Lipinski definition) is 5. The fraction of sp³-hybridized carbons (Fsp3) is 0.583. The maximum absolute atomic E-state index is 11.8. The van der Waals surface area contributed by atoms with Crippen molar-refractivity contribution in [3.63, 3.8) is 0 Å². The quantitative estimate of drug-likeness (QED) is 0.762. The molecule has 0 saturated heterocycles. The van der Waals surface area contributed by atoms with Crippen LogP contribution in [0.4, 0.5) is 5.82 Å². The maximum atomic E-state index is 11.8. The predicted molar refractivity (Wildman–Crippen MR) is 68.5 cm³/mol. The largest absolute Gasteiger partial charge is 0.460 e. The van der Waals surface area contributed by atoms with E-state index in [9.17, 15) is 9.59 Å². The molecule has 2 rings (SSSR count). The summed E-state index contributed by atoms with van der Waals surface area (Å²) >= 11 is 0. The molecule has 1 amide bonds. The summed E-state index contributed by atoms with van der Waals surface area (Å²) in [5.41, 5.74) is 5.64. The number of nitrogens with two attached hydrogens (primary N) is 1. The van der Waals surface area contributed by atoms with Crippen LogP contribution in [0.25, 0.3) is 0 Å². The van der Waals surface area contributed by atoms with Gasteiger partial charge in [-0.2, -0.15) is 0 Å². The van der Waals surface area contributed by atoms with Crippen molar-refractivity contribution in [2.24, 2.45) is 18.7 Å². The van der Waals surface area contributed by atoms with Gasteiger partial charge in [-0.05, 0) is 19.8 Å². The highest BCUT2D eigenvalue weighted by Crippen LogP contribution is 2.26. The Morgan fingerprint density at radius 1 is 1.58 bits per heavy atom. The number of ether oxygens (including phenoxy) is 1. The molecule has 0 aliphatic heterocycles. The van der Waals surface area contributed by atoms with Crippen LogP contribution in [-0.4, -0.2) is 34.1 Å². The molecule has 1 aromatic heterocycles. The van der Waals surface area contributed by atoms with Crippen molar-refractivity contribution < 1.29 is 14.3 Å². The zero-order valence-electron chi connectivity index (χ0n) is 11.0. The van der Waals surface area contributed by atoms with E-state index in [1.165, 1.54) is 4.57 Å². The molecule has 104 valence electrons. The lowest BCUT2D eigenvalue weighted by molar-refractivity contribution is -0.122. The van der Waals surface area contributed by atoms with Crippen molar-refractivity contribution >= 4 is 17.7 Å². The molecule has 1 saturated carbocycles. The Bertz CT molecular complexity index is 491. The molecule has 1 aliphatic rings. The van der Waals surface area contributed by atoms with Crippen LogP contribution in [0.2, 0.25) is 0 Å². The smallest absolute Gasteiger partial charge is 0.374 e. The lowest BCUT2D eigenvalue weighted by Gasteiger charge is -2.30. The van der Waals surface area contributed by atoms with E-state index in [-0.39, 0.29) is 30.3 Å². The highest BCUT2D eigenvalue weighted by atomic mass is 16.5. The van der Waals surface area contributed by atoms with E-state index in [0.717, 1.165) is 0 Å². The number of esters is 1. The van der Waals surface area contributed by atoms with E-state index in [1.807, 2.05) is 0 Å². The first-order valence-corrected chi connectivity index (χ1v) is 6.28. The molecule has 1 fully saturated rings. The predicted octanol–water partition coefficient (Wildman–Crippen LogP) is 0.273. The molecule has 1 aliphatic carbocycles. The van der Waals surface area contributed by atoms with Gasteiger partial charge in [0.15, 0.2) is 5.82 Å². The van der Waals surface area contributed by atoms with Gasteiger partial charge in [0.2, 0.25) is 11.7 Å². The monoisotopic (exact) mass is 266 g/mol. The van der Waals surface area contributed by atoms with Crippen molar-refractivity contribution in [3.05, 3.63) is 12.0 Å². The summed E-state index contributed by atoms with van der Waals surface area (Å²) in [7, 11) is 1.67. The minimum Gasteiger partial charge on any atom is -0.460 e. The topological polar surface area (TPSA) is 99.2 Å². The number of nitrogens with one attached hydrogen (secondary N) is 1. The fourth-order valence-corrected chi connectivity index (χ4v) is 2.02. The summed E-state index contributed by atoms with van der Waals surface area (Å²) in [6.45, 7) is 2.01. The van der Waals surface area contributed by atoms with Gasteiger partial charge in [0.1, 0.15) is 0 Å². The SMILES string of the molecule is CCOC(=O)c1nc(NC(=O)[C@H]2C[C@H](N)C2)cn1C. The molecule has 7 heteroatoms. The van der Waals surface area contributed by atoms with Gasteiger partial charge in [0, 0.05) is 25.2 Å². The van der Waals surface area contributed by atoms with Crippen LogP contribution >= 0.6 is 0 Å². The molecule has 0 atom stereocenters. The van der Waals surface area contributed by atoms with Crippen molar-refractivity contribution in [2.75, 3.05) is 11.9 Å². The minimum absolute atomic E-state index is 0.0527. The number of rotatable bonds is 4. The molecule has 19 heavy (non-hydrogen) atoms. The van der Waals surface area contributed by atoms with E-state index in [1.54, 1.807) is 20.2 Å². The normalized spacial score (nSPS) is 21.6. The third kappa shape index (κ3) is 2.93. The Morgan fingerprint density at radius 2 is 2.26 bits per heavy atom. The third-order valence-electron chi connectivity index (χ3n) is 3.13. The maximum Gasteiger partial charge on any atom is 0.374 e. The number of carbonyl (C=O) groups is 2. The number of aromatic nitrogens is 2. The lowest BCUT2D eigenvalue weighted by Crippen LogP contribution is -2.42. The Morgan fingerprint density at radius 3 is 2.84 bits per heavy atom. The van der Waals surface area contributed by atoms with Crippen LogP contribution in [0.15, 0.2) is 6.20 Å². The molecule has 0 radical (unpaired) electrons. The number of nitrogens with zero attached hydrogens (tertiary/aromatic N) is 2. The fourth-order valence-electron chi connectivity index (χ4n) is 2.02. The highest BCUT2D eigenvalue weighted by molar-refractivity contribution is 5.93. The second-order valence-electron chi connectivity index (χ2n) is 4.70. The summed E-state index contributed by atoms with van der Waals surface area (Å²) in [6.07, 6.45) is 2.98. The van der Waals surface area contributed by atoms with Gasteiger partial charge in [-0.1, -0.05) is 0 Å². The molecule has 0 bridgehead atoms. The molecular weight excluding hydrogens is 248 g/mol. The summed E-state index contributed by atoms with van der Waals surface area (Å²) in [5, 5.41) is 2.69. The van der Waals surface area contributed by atoms with Crippen molar-refractivity contribution in [1.29, 1.82) is 0 Å². The number of hydrogen-bond donors (Lipinski definition) is 2. The Labute approximate surface area is 111 Å². The zero-order chi connectivity index (χ0) is 14.0. The average Bonchev–Trinajstić information content (AvgIpc) is 2.66. The van der Waals surface area contributed by atoms with Crippen LogP contribution in [0.1, 0.15) is 30.4 Å². The van der Waals surface area contributed by atoms with E-state index in [4.69, 9.17) is 10.5 Å². The first-order valence-electron chi connectivity index (χ1n) is 6.28. The first-order chi connectivity index (χ1) is 9.01. The number of imidazole rings is 1. The van der Waals surface area contributed by atoms with Gasteiger partial charge in [-0.3, -0.25) is 4.79 Å². The van der Waals surface area contributed by atoms with E-state index < -0.39 is 5.97 Å². The summed E-state index contributed by atoms with van der Waals surface area (Å²) in [4.78, 5) is 27.5. The van der Waals surface area contributed by atoms with Crippen LogP contribution in [0.3, 0.4) is 0 Å². The van der Waals surface area contributed by atoms with E-state index in [2.05, 4.69) is 10.3 Å². The highest BCUT2D eigenvalue weighted by Gasteiger charge is 2.32. The zero-order valence-corrected chi connectivity index (χ0v) is 11.0. The third-order valence-corrected chi connectivity index (χ3v) is 3.13. The number of aryl methyl sites for hydroxylation is 1. The van der Waals surface area contributed by atoms with Crippen LogP contribution in [0.5, 0.6) is 0 Å². The Kier molecular flexibility index (Phi) is 3.84. The van der Waals surface area contributed by atoms with Crippen LogP contribution in [-0.2, 0) is 16.6 Å².